The van der Waals surface area contributed by atoms with E-state index < -0.39 is 0 Å². The third-order valence-electron chi connectivity index (χ3n) is 4.58. The van der Waals surface area contributed by atoms with E-state index in [1.807, 2.05) is 0 Å². The smallest absolute Gasteiger partial charge is 0.163 e. The predicted octanol–water partition coefficient (Wildman–Crippen LogP) is 1.96. The summed E-state index contributed by atoms with van der Waals surface area (Å²) in [6.07, 6.45) is 5.70. The Kier molecular flexibility index (Phi) is 3.46. The molecule has 23 heavy (non-hydrogen) atoms. The minimum absolute atomic E-state index is 0.0423. The third-order valence-corrected chi connectivity index (χ3v) is 4.58. The van der Waals surface area contributed by atoms with Gasteiger partial charge in [0.15, 0.2) is 5.65 Å². The van der Waals surface area contributed by atoms with Crippen LogP contribution < -0.4 is 5.32 Å². The molecule has 2 aromatic heterocycles. The lowest BCUT2D eigenvalue weighted by atomic mass is 9.96. The van der Waals surface area contributed by atoms with Crippen LogP contribution in [0.1, 0.15) is 18.4 Å². The summed E-state index contributed by atoms with van der Waals surface area (Å²) in [6.45, 7) is 1.34. The minimum atomic E-state index is 0.0423. The van der Waals surface area contributed by atoms with Crippen LogP contribution in [0.3, 0.4) is 0 Å². The highest BCUT2D eigenvalue weighted by molar-refractivity contribution is 5.86. The maximum absolute atomic E-state index is 9.09. The molecule has 0 radical (unpaired) electrons. The maximum atomic E-state index is 9.09. The van der Waals surface area contributed by atoms with Gasteiger partial charge in [-0.05, 0) is 18.4 Å². The zero-order valence-electron chi connectivity index (χ0n) is 12.8. The fraction of sp³-hybridized carbons (Fsp3) is 0.353. The number of benzene rings is 1. The van der Waals surface area contributed by atoms with Crippen LogP contribution in [0.4, 0.5) is 5.82 Å². The number of rotatable bonds is 6. The zero-order chi connectivity index (χ0) is 15.7. The Morgan fingerprint density at radius 1 is 1.17 bits per heavy atom. The number of hydrogen-bond acceptors (Lipinski definition) is 5. The van der Waals surface area contributed by atoms with Gasteiger partial charge >= 0.3 is 0 Å². The molecule has 0 spiro atoms. The van der Waals surface area contributed by atoms with E-state index in [9.17, 15) is 0 Å². The number of aliphatic hydroxyl groups excluding tert-OH is 1. The highest BCUT2D eigenvalue weighted by atomic mass is 16.3. The van der Waals surface area contributed by atoms with Gasteiger partial charge in [-0.3, -0.25) is 0 Å². The number of nitrogens with one attached hydrogen (secondary N) is 1. The minimum Gasteiger partial charge on any atom is -0.394 e. The molecule has 118 valence electrons. The molecule has 3 aromatic rings. The second kappa shape index (κ2) is 5.62. The number of aromatic nitrogens is 4. The van der Waals surface area contributed by atoms with Crippen LogP contribution in [0.2, 0.25) is 0 Å². The lowest BCUT2D eigenvalue weighted by Crippen LogP contribution is -2.20. The van der Waals surface area contributed by atoms with Gasteiger partial charge in [0.2, 0.25) is 0 Å². The van der Waals surface area contributed by atoms with Gasteiger partial charge in [-0.1, -0.05) is 30.3 Å². The van der Waals surface area contributed by atoms with E-state index in [0.29, 0.717) is 6.54 Å². The van der Waals surface area contributed by atoms with Crippen molar-refractivity contribution in [3.63, 3.8) is 0 Å². The first-order valence-corrected chi connectivity index (χ1v) is 7.89. The maximum Gasteiger partial charge on any atom is 0.163 e. The van der Waals surface area contributed by atoms with Gasteiger partial charge in [-0.2, -0.15) is 5.10 Å². The lowest BCUT2D eigenvalue weighted by Gasteiger charge is -2.17. The molecular formula is C17H19N5O. The summed E-state index contributed by atoms with van der Waals surface area (Å²) in [5, 5.41) is 17.7. The second-order valence-corrected chi connectivity index (χ2v) is 6.05. The molecule has 0 atom stereocenters. The standard InChI is InChI=1S/C17H19N5O/c23-9-8-22-16-14(10-21-22)15(19-12-20-16)18-11-17(6-7-17)13-4-2-1-3-5-13/h1-5,10,12,23H,6-9,11H2,(H,18,19,20). The first kappa shape index (κ1) is 14.1. The lowest BCUT2D eigenvalue weighted by molar-refractivity contribution is 0.271. The van der Waals surface area contributed by atoms with Crippen molar-refractivity contribution >= 4 is 16.9 Å². The highest BCUT2D eigenvalue weighted by Crippen LogP contribution is 2.48. The Balaban J connectivity index is 1.57. The van der Waals surface area contributed by atoms with Crippen molar-refractivity contribution in [1.82, 2.24) is 19.7 Å². The molecule has 6 heteroatoms. The van der Waals surface area contributed by atoms with E-state index in [2.05, 4.69) is 50.7 Å². The van der Waals surface area contributed by atoms with Crippen LogP contribution in [-0.2, 0) is 12.0 Å². The zero-order valence-corrected chi connectivity index (χ0v) is 12.8. The van der Waals surface area contributed by atoms with Crippen LogP contribution in [-0.4, -0.2) is 38.0 Å². The quantitative estimate of drug-likeness (QED) is 0.728. The van der Waals surface area contributed by atoms with E-state index in [1.54, 1.807) is 17.2 Å². The van der Waals surface area contributed by atoms with Crippen molar-refractivity contribution < 1.29 is 5.11 Å². The van der Waals surface area contributed by atoms with Gasteiger partial charge < -0.3 is 10.4 Å². The predicted molar refractivity (Wildman–Crippen MR) is 88.3 cm³/mol. The number of hydrogen-bond donors (Lipinski definition) is 2. The molecule has 0 amide bonds. The Hall–Kier alpha value is -2.47. The Morgan fingerprint density at radius 2 is 2.00 bits per heavy atom. The van der Waals surface area contributed by atoms with E-state index in [-0.39, 0.29) is 12.0 Å². The molecule has 2 heterocycles. The molecular weight excluding hydrogens is 290 g/mol. The monoisotopic (exact) mass is 309 g/mol. The van der Waals surface area contributed by atoms with Gasteiger partial charge in [-0.25, -0.2) is 14.6 Å². The molecule has 0 aliphatic heterocycles. The molecule has 0 saturated heterocycles. The van der Waals surface area contributed by atoms with Crippen molar-refractivity contribution in [2.75, 3.05) is 18.5 Å². The molecule has 1 fully saturated rings. The molecule has 1 aromatic carbocycles. The van der Waals surface area contributed by atoms with Crippen LogP contribution in [0.5, 0.6) is 0 Å². The third kappa shape index (κ3) is 2.55. The van der Waals surface area contributed by atoms with Gasteiger partial charge in [0, 0.05) is 12.0 Å². The summed E-state index contributed by atoms with van der Waals surface area (Å²) in [7, 11) is 0. The average Bonchev–Trinajstić information content (AvgIpc) is 3.29. The Labute approximate surface area is 134 Å². The summed E-state index contributed by atoms with van der Waals surface area (Å²) in [4.78, 5) is 8.64. The average molecular weight is 309 g/mol. The Morgan fingerprint density at radius 3 is 2.74 bits per heavy atom. The molecule has 0 bridgehead atoms. The number of nitrogens with zero attached hydrogens (tertiary/aromatic N) is 4. The molecule has 2 N–H and O–H groups in total. The fourth-order valence-electron chi connectivity index (χ4n) is 3.06. The van der Waals surface area contributed by atoms with Crippen LogP contribution in [0.25, 0.3) is 11.0 Å². The number of anilines is 1. The topological polar surface area (TPSA) is 75.9 Å². The van der Waals surface area contributed by atoms with Crippen LogP contribution >= 0.6 is 0 Å². The fourth-order valence-corrected chi connectivity index (χ4v) is 3.06. The van der Waals surface area contributed by atoms with Crippen LogP contribution in [0.15, 0.2) is 42.9 Å². The normalized spacial score (nSPS) is 15.7. The van der Waals surface area contributed by atoms with Gasteiger partial charge in [0.1, 0.15) is 12.1 Å². The van der Waals surface area contributed by atoms with E-state index in [0.717, 1.165) is 23.4 Å². The highest BCUT2D eigenvalue weighted by Gasteiger charge is 2.43. The van der Waals surface area contributed by atoms with Gasteiger partial charge in [0.25, 0.3) is 0 Å². The molecule has 4 rings (SSSR count). The summed E-state index contributed by atoms with van der Waals surface area (Å²) in [6, 6.07) is 10.6. The Bertz CT molecular complexity index is 810. The largest absolute Gasteiger partial charge is 0.394 e. The van der Waals surface area contributed by atoms with Gasteiger partial charge in [-0.15, -0.1) is 0 Å². The second-order valence-electron chi connectivity index (χ2n) is 6.05. The van der Waals surface area contributed by atoms with E-state index in [1.165, 1.54) is 18.4 Å². The van der Waals surface area contributed by atoms with Crippen molar-refractivity contribution in [1.29, 1.82) is 0 Å². The first-order chi connectivity index (χ1) is 11.3. The van der Waals surface area contributed by atoms with E-state index in [4.69, 9.17) is 5.11 Å². The number of fused-ring (bicyclic) bond motifs is 1. The molecule has 1 saturated carbocycles. The summed E-state index contributed by atoms with van der Waals surface area (Å²) >= 11 is 0. The number of aliphatic hydroxyl groups is 1. The molecule has 6 nitrogen and oxygen atoms in total. The summed E-state index contributed by atoms with van der Waals surface area (Å²) in [5.41, 5.74) is 2.36. The molecule has 1 aliphatic rings. The van der Waals surface area contributed by atoms with Gasteiger partial charge in [0.05, 0.1) is 24.7 Å². The molecule has 0 unspecified atom stereocenters. The van der Waals surface area contributed by atoms with Crippen LogP contribution in [0, 0.1) is 0 Å². The van der Waals surface area contributed by atoms with Crippen molar-refractivity contribution in [2.45, 2.75) is 24.8 Å². The SMILES string of the molecule is OCCn1ncc2c(NCC3(c4ccccc4)CC3)ncnc21. The molecule has 1 aliphatic carbocycles. The van der Waals surface area contributed by atoms with E-state index >= 15 is 0 Å². The summed E-state index contributed by atoms with van der Waals surface area (Å²) < 4.78 is 1.70. The van der Waals surface area contributed by atoms with Crippen molar-refractivity contribution in [3.05, 3.63) is 48.4 Å². The first-order valence-electron chi connectivity index (χ1n) is 7.89. The van der Waals surface area contributed by atoms with Crippen molar-refractivity contribution in [2.24, 2.45) is 0 Å². The summed E-state index contributed by atoms with van der Waals surface area (Å²) in [5.74, 6) is 0.807. The van der Waals surface area contributed by atoms with Crippen molar-refractivity contribution in [3.8, 4) is 0 Å².